The van der Waals surface area contributed by atoms with Crippen molar-refractivity contribution in [2.75, 3.05) is 0 Å². The Balaban J connectivity index is 4.55. The summed E-state index contributed by atoms with van der Waals surface area (Å²) < 4.78 is 0. The average Bonchev–Trinajstić information content (AvgIpc) is 1.85. The Labute approximate surface area is 60.0 Å². The third-order valence-corrected chi connectivity index (χ3v) is 1.93. The fourth-order valence-electron chi connectivity index (χ4n) is 0.537. The Morgan fingerprint density at radius 1 is 1.50 bits per heavy atom. The van der Waals surface area contributed by atoms with Crippen LogP contribution in [-0.4, -0.2) is 11.8 Å². The van der Waals surface area contributed by atoms with Crippen LogP contribution in [-0.2, 0) is 9.59 Å². The maximum atomic E-state index is 10.7. The number of carboxylic acid groups (broad SMARTS) is 1. The van der Waals surface area contributed by atoms with Gasteiger partial charge in [0.15, 0.2) is 0 Å². The van der Waals surface area contributed by atoms with Gasteiger partial charge in [-0.15, -0.1) is 0 Å². The summed E-state index contributed by atoms with van der Waals surface area (Å²) in [5.74, 6) is -1.64. The summed E-state index contributed by atoms with van der Waals surface area (Å²) in [6.07, 6.45) is 0.282. The van der Waals surface area contributed by atoms with E-state index < -0.39 is 11.4 Å². The maximum absolute atomic E-state index is 10.7. The summed E-state index contributed by atoms with van der Waals surface area (Å²) in [6, 6.07) is 0. The van der Waals surface area contributed by atoms with Crippen LogP contribution in [0.1, 0.15) is 27.2 Å². The molecule has 58 valence electrons. The van der Waals surface area contributed by atoms with E-state index in [1.807, 2.05) is 0 Å². The molecule has 10 heavy (non-hydrogen) atoms. The predicted octanol–water partition coefficient (Wildman–Crippen LogP) is -0.258. The van der Waals surface area contributed by atoms with Gasteiger partial charge < -0.3 is 9.90 Å². The first-order valence-corrected chi connectivity index (χ1v) is 3.17. The Kier molecular flexibility index (Phi) is 2.57. The van der Waals surface area contributed by atoms with Gasteiger partial charge >= 0.3 is 0 Å². The van der Waals surface area contributed by atoms with Crippen LogP contribution in [0.2, 0.25) is 0 Å². The molecule has 0 aromatic carbocycles. The van der Waals surface area contributed by atoms with E-state index >= 15 is 0 Å². The summed E-state index contributed by atoms with van der Waals surface area (Å²) >= 11 is 0. The lowest BCUT2D eigenvalue weighted by molar-refractivity contribution is -0.316. The molecule has 1 atom stereocenters. The summed E-state index contributed by atoms with van der Waals surface area (Å²) in [4.78, 5) is 21.1. The molecule has 0 radical (unpaired) electrons. The number of Topliss-reactive ketones (excluding diaryl/α,β-unsaturated/α-hetero) is 1. The lowest BCUT2D eigenvalue weighted by atomic mass is 9.84. The van der Waals surface area contributed by atoms with Crippen LogP contribution in [0, 0.1) is 5.41 Å². The summed E-state index contributed by atoms with van der Waals surface area (Å²) in [6.45, 7) is 4.29. The number of carboxylic acids is 1. The van der Waals surface area contributed by atoms with Crippen LogP contribution >= 0.6 is 0 Å². The average molecular weight is 143 g/mol. The van der Waals surface area contributed by atoms with Crippen LogP contribution in [0.4, 0.5) is 0 Å². The Bertz CT molecular complexity index is 146. The van der Waals surface area contributed by atoms with Gasteiger partial charge in [-0.1, -0.05) is 6.92 Å². The molecule has 0 N–H and O–H groups in total. The number of ketones is 1. The highest BCUT2D eigenvalue weighted by molar-refractivity contribution is 6.00. The second kappa shape index (κ2) is 2.82. The first-order valence-electron chi connectivity index (χ1n) is 3.17. The van der Waals surface area contributed by atoms with E-state index in [4.69, 9.17) is 0 Å². The van der Waals surface area contributed by atoms with Crippen LogP contribution < -0.4 is 5.11 Å². The SMILES string of the molecule is CCC(C)(C(C)=O)C(=O)[O-]. The number of rotatable bonds is 3. The van der Waals surface area contributed by atoms with Crippen molar-refractivity contribution in [2.45, 2.75) is 27.2 Å². The topological polar surface area (TPSA) is 57.2 Å². The Morgan fingerprint density at radius 3 is 1.90 bits per heavy atom. The molecule has 0 aliphatic rings. The molecule has 1 unspecified atom stereocenters. The summed E-state index contributed by atoms with van der Waals surface area (Å²) in [5, 5.41) is 10.4. The van der Waals surface area contributed by atoms with Gasteiger partial charge in [0.05, 0.1) is 11.4 Å². The molecule has 0 rings (SSSR count). The normalized spacial score (nSPS) is 15.9. The minimum atomic E-state index is -1.29. The number of carbonyl (C=O) groups is 2. The standard InChI is InChI=1S/C7H12O3/c1-4-7(3,5(2)8)6(9)10/h4H2,1-3H3,(H,9,10)/p-1. The van der Waals surface area contributed by atoms with Gasteiger partial charge in [0.1, 0.15) is 5.78 Å². The minimum absolute atomic E-state index is 0.282. The third kappa shape index (κ3) is 1.35. The largest absolute Gasteiger partial charge is 0.549 e. The van der Waals surface area contributed by atoms with Crippen molar-refractivity contribution in [2.24, 2.45) is 5.41 Å². The van der Waals surface area contributed by atoms with Crippen molar-refractivity contribution in [3.8, 4) is 0 Å². The quantitative estimate of drug-likeness (QED) is 0.511. The highest BCUT2D eigenvalue weighted by Gasteiger charge is 2.28. The van der Waals surface area contributed by atoms with E-state index in [1.54, 1.807) is 6.92 Å². The van der Waals surface area contributed by atoms with Crippen molar-refractivity contribution in [1.82, 2.24) is 0 Å². The molecule has 0 amide bonds. The molecule has 0 aromatic rings. The number of aliphatic carboxylic acids is 1. The Morgan fingerprint density at radius 2 is 1.90 bits per heavy atom. The van der Waals surface area contributed by atoms with E-state index in [1.165, 1.54) is 13.8 Å². The molecule has 0 saturated heterocycles. The molecule has 0 spiro atoms. The van der Waals surface area contributed by atoms with E-state index in [0.717, 1.165) is 0 Å². The molecular weight excluding hydrogens is 132 g/mol. The zero-order valence-corrected chi connectivity index (χ0v) is 6.43. The van der Waals surface area contributed by atoms with Crippen molar-refractivity contribution in [3.05, 3.63) is 0 Å². The molecule has 0 heterocycles. The van der Waals surface area contributed by atoms with E-state index in [0.29, 0.717) is 0 Å². The van der Waals surface area contributed by atoms with Crippen LogP contribution in [0.25, 0.3) is 0 Å². The highest BCUT2D eigenvalue weighted by atomic mass is 16.4. The monoisotopic (exact) mass is 143 g/mol. The van der Waals surface area contributed by atoms with E-state index in [2.05, 4.69) is 0 Å². The maximum Gasteiger partial charge on any atom is 0.141 e. The third-order valence-electron chi connectivity index (χ3n) is 1.93. The van der Waals surface area contributed by atoms with Gasteiger partial charge in [0.25, 0.3) is 0 Å². The van der Waals surface area contributed by atoms with Crippen molar-refractivity contribution in [3.63, 3.8) is 0 Å². The van der Waals surface area contributed by atoms with E-state index in [9.17, 15) is 14.7 Å². The number of hydrogen-bond acceptors (Lipinski definition) is 3. The van der Waals surface area contributed by atoms with Crippen LogP contribution in [0.15, 0.2) is 0 Å². The first-order chi connectivity index (χ1) is 4.45. The summed E-state index contributed by atoms with van der Waals surface area (Å²) in [7, 11) is 0. The highest BCUT2D eigenvalue weighted by Crippen LogP contribution is 2.20. The zero-order chi connectivity index (χ0) is 8.36. The summed E-state index contributed by atoms with van der Waals surface area (Å²) in [5.41, 5.74) is -1.29. The van der Waals surface area contributed by atoms with Gasteiger partial charge in [-0.05, 0) is 20.3 Å². The second-order valence-electron chi connectivity index (χ2n) is 2.53. The fraction of sp³-hybridized carbons (Fsp3) is 0.714. The van der Waals surface area contributed by atoms with Gasteiger partial charge in [0.2, 0.25) is 0 Å². The van der Waals surface area contributed by atoms with Crippen molar-refractivity contribution < 1.29 is 14.7 Å². The Hall–Kier alpha value is -0.860. The fourth-order valence-corrected chi connectivity index (χ4v) is 0.537. The molecule has 0 aliphatic heterocycles. The second-order valence-corrected chi connectivity index (χ2v) is 2.53. The smallest absolute Gasteiger partial charge is 0.141 e. The van der Waals surface area contributed by atoms with E-state index in [-0.39, 0.29) is 12.2 Å². The minimum Gasteiger partial charge on any atom is -0.549 e. The van der Waals surface area contributed by atoms with Crippen LogP contribution in [0.3, 0.4) is 0 Å². The van der Waals surface area contributed by atoms with Gasteiger partial charge in [0, 0.05) is 0 Å². The zero-order valence-electron chi connectivity index (χ0n) is 6.43. The molecule has 0 bridgehead atoms. The number of carbonyl (C=O) groups excluding carboxylic acids is 2. The van der Waals surface area contributed by atoms with Gasteiger partial charge in [-0.25, -0.2) is 0 Å². The predicted molar refractivity (Wildman–Crippen MR) is 34.1 cm³/mol. The van der Waals surface area contributed by atoms with Crippen molar-refractivity contribution in [1.29, 1.82) is 0 Å². The van der Waals surface area contributed by atoms with Gasteiger partial charge in [-0.3, -0.25) is 4.79 Å². The molecule has 3 heteroatoms. The molecule has 0 aromatic heterocycles. The molecule has 0 saturated carbocycles. The molecule has 3 nitrogen and oxygen atoms in total. The molecular formula is C7H11O3-. The van der Waals surface area contributed by atoms with Gasteiger partial charge in [-0.2, -0.15) is 0 Å². The number of hydrogen-bond donors (Lipinski definition) is 0. The van der Waals surface area contributed by atoms with Crippen molar-refractivity contribution >= 4 is 11.8 Å². The lowest BCUT2D eigenvalue weighted by Crippen LogP contribution is -2.44. The first kappa shape index (κ1) is 9.14. The van der Waals surface area contributed by atoms with Crippen LogP contribution in [0.5, 0.6) is 0 Å². The molecule has 0 fully saturated rings. The molecule has 0 aliphatic carbocycles. The lowest BCUT2D eigenvalue weighted by Gasteiger charge is -2.25.